The lowest BCUT2D eigenvalue weighted by Gasteiger charge is -2.32. The number of carbonyl (C=O) groups is 1. The monoisotopic (exact) mass is 330 g/mol. The predicted octanol–water partition coefficient (Wildman–Crippen LogP) is 3.43. The molecule has 23 heavy (non-hydrogen) atoms. The van der Waals surface area contributed by atoms with Crippen LogP contribution in [0.4, 0.5) is 16.5 Å². The third-order valence-corrected chi connectivity index (χ3v) is 4.86. The Hall–Kier alpha value is -2.08. The third-order valence-electron chi connectivity index (χ3n) is 4.13. The Labute approximate surface area is 140 Å². The lowest BCUT2D eigenvalue weighted by molar-refractivity contribution is -0.114. The van der Waals surface area contributed by atoms with E-state index >= 15 is 0 Å². The lowest BCUT2D eigenvalue weighted by Crippen LogP contribution is -2.32. The van der Waals surface area contributed by atoms with Crippen LogP contribution in [0.5, 0.6) is 0 Å². The van der Waals surface area contributed by atoms with Gasteiger partial charge in [-0.05, 0) is 43.0 Å². The average Bonchev–Trinajstić information content (AvgIpc) is 3.08. The lowest BCUT2D eigenvalue weighted by atomic mass is 9.99. The van der Waals surface area contributed by atoms with Crippen LogP contribution >= 0.6 is 11.3 Å². The molecule has 1 aromatic carbocycles. The van der Waals surface area contributed by atoms with Crippen molar-refractivity contribution in [1.82, 2.24) is 4.98 Å². The van der Waals surface area contributed by atoms with Crippen LogP contribution in [0.15, 0.2) is 35.8 Å². The van der Waals surface area contributed by atoms with Crippen LogP contribution < -0.4 is 15.5 Å². The summed E-state index contributed by atoms with van der Waals surface area (Å²) in [5.41, 5.74) is 2.06. The minimum absolute atomic E-state index is 0.0697. The summed E-state index contributed by atoms with van der Waals surface area (Å²) in [5.74, 6) is 0.759. The number of nitrogens with zero attached hydrogens (tertiary/aromatic N) is 2. The van der Waals surface area contributed by atoms with Gasteiger partial charge in [0.1, 0.15) is 0 Å². The first-order valence-electron chi connectivity index (χ1n) is 7.99. The minimum atomic E-state index is -0.0697. The predicted molar refractivity (Wildman–Crippen MR) is 96.3 cm³/mol. The van der Waals surface area contributed by atoms with Crippen LogP contribution in [0.25, 0.3) is 0 Å². The van der Waals surface area contributed by atoms with Crippen LogP contribution in [0.3, 0.4) is 0 Å². The molecule has 1 aliphatic heterocycles. The van der Waals surface area contributed by atoms with Gasteiger partial charge in [0.2, 0.25) is 5.91 Å². The van der Waals surface area contributed by atoms with E-state index in [9.17, 15) is 4.79 Å². The Morgan fingerprint density at radius 2 is 2.04 bits per heavy atom. The van der Waals surface area contributed by atoms with Crippen LogP contribution in [0.1, 0.15) is 19.8 Å². The number of thiazole rings is 1. The first-order valence-corrected chi connectivity index (χ1v) is 8.87. The number of anilines is 3. The Morgan fingerprint density at radius 3 is 2.70 bits per heavy atom. The molecule has 0 aliphatic carbocycles. The fourth-order valence-corrected chi connectivity index (χ4v) is 3.22. The zero-order chi connectivity index (χ0) is 16.1. The van der Waals surface area contributed by atoms with Gasteiger partial charge in [-0.1, -0.05) is 6.92 Å². The molecule has 1 saturated heterocycles. The smallest absolute Gasteiger partial charge is 0.243 e. The number of amides is 1. The first kappa shape index (κ1) is 15.8. The fourth-order valence-electron chi connectivity index (χ4n) is 2.69. The van der Waals surface area contributed by atoms with E-state index in [1.54, 1.807) is 6.20 Å². The Bertz CT molecular complexity index is 619. The van der Waals surface area contributed by atoms with E-state index in [0.29, 0.717) is 0 Å². The number of rotatable bonds is 5. The molecular weight excluding hydrogens is 308 g/mol. The summed E-state index contributed by atoms with van der Waals surface area (Å²) in [5, 5.41) is 8.53. The maximum Gasteiger partial charge on any atom is 0.243 e. The van der Waals surface area contributed by atoms with Crippen molar-refractivity contribution in [2.45, 2.75) is 19.8 Å². The zero-order valence-corrected chi connectivity index (χ0v) is 14.1. The standard InChI is InChI=1S/C17H22N4OS/c1-13-6-9-21(10-7-13)15-4-2-14(3-5-15)20-16(22)12-19-17-18-8-11-23-17/h2-5,8,11,13H,6-7,9-10,12H2,1H3,(H,18,19)(H,20,22). The molecule has 2 N–H and O–H groups in total. The van der Waals surface area contributed by atoms with Gasteiger partial charge in [0.15, 0.2) is 5.13 Å². The second-order valence-electron chi connectivity index (χ2n) is 5.96. The van der Waals surface area contributed by atoms with Crippen LogP contribution in [-0.4, -0.2) is 30.5 Å². The molecular formula is C17H22N4OS. The highest BCUT2D eigenvalue weighted by atomic mass is 32.1. The summed E-state index contributed by atoms with van der Waals surface area (Å²) in [6.45, 7) is 4.77. The van der Waals surface area contributed by atoms with Crippen molar-refractivity contribution in [2.24, 2.45) is 5.92 Å². The highest BCUT2D eigenvalue weighted by Gasteiger charge is 2.15. The maximum atomic E-state index is 11.9. The molecule has 1 amide bonds. The largest absolute Gasteiger partial charge is 0.372 e. The van der Waals surface area contributed by atoms with E-state index in [0.717, 1.165) is 29.8 Å². The van der Waals surface area contributed by atoms with Crippen LogP contribution in [0.2, 0.25) is 0 Å². The summed E-state index contributed by atoms with van der Waals surface area (Å²) in [7, 11) is 0. The summed E-state index contributed by atoms with van der Waals surface area (Å²) < 4.78 is 0. The molecule has 1 aliphatic rings. The highest BCUT2D eigenvalue weighted by molar-refractivity contribution is 7.13. The average molecular weight is 330 g/mol. The third kappa shape index (κ3) is 4.45. The van der Waals surface area contributed by atoms with Crippen molar-refractivity contribution in [3.8, 4) is 0 Å². The van der Waals surface area contributed by atoms with Crippen molar-refractivity contribution in [3.63, 3.8) is 0 Å². The van der Waals surface area contributed by atoms with Crippen molar-refractivity contribution in [3.05, 3.63) is 35.8 Å². The van der Waals surface area contributed by atoms with Crippen molar-refractivity contribution in [2.75, 3.05) is 35.2 Å². The van der Waals surface area contributed by atoms with Crippen LogP contribution in [0, 0.1) is 5.92 Å². The number of carbonyl (C=O) groups excluding carboxylic acids is 1. The van der Waals surface area contributed by atoms with Gasteiger partial charge in [0.25, 0.3) is 0 Å². The number of hydrogen-bond acceptors (Lipinski definition) is 5. The summed E-state index contributed by atoms with van der Waals surface area (Å²) in [4.78, 5) is 18.4. The molecule has 0 atom stereocenters. The van der Waals surface area contributed by atoms with E-state index in [1.165, 1.54) is 29.9 Å². The second kappa shape index (κ2) is 7.46. The van der Waals surface area contributed by atoms with Crippen LogP contribution in [-0.2, 0) is 4.79 Å². The van der Waals surface area contributed by atoms with Gasteiger partial charge in [-0.2, -0.15) is 0 Å². The number of hydrogen-bond donors (Lipinski definition) is 2. The normalized spacial score (nSPS) is 15.4. The second-order valence-corrected chi connectivity index (χ2v) is 6.85. The quantitative estimate of drug-likeness (QED) is 0.882. The molecule has 0 radical (unpaired) electrons. The molecule has 1 fully saturated rings. The van der Waals surface area contributed by atoms with E-state index in [-0.39, 0.29) is 12.5 Å². The molecule has 2 heterocycles. The SMILES string of the molecule is CC1CCN(c2ccc(NC(=O)CNc3nccs3)cc2)CC1. The molecule has 0 bridgehead atoms. The van der Waals surface area contributed by atoms with E-state index in [2.05, 4.69) is 39.6 Å². The molecule has 6 heteroatoms. The Balaban J connectivity index is 1.50. The van der Waals surface area contributed by atoms with Crippen molar-refractivity contribution >= 4 is 33.8 Å². The zero-order valence-electron chi connectivity index (χ0n) is 13.3. The summed E-state index contributed by atoms with van der Waals surface area (Å²) in [6, 6.07) is 8.10. The fraction of sp³-hybridized carbons (Fsp3) is 0.412. The molecule has 0 saturated carbocycles. The van der Waals surface area contributed by atoms with Gasteiger partial charge in [-0.3, -0.25) is 4.79 Å². The molecule has 122 valence electrons. The molecule has 0 unspecified atom stereocenters. The van der Waals surface area contributed by atoms with E-state index < -0.39 is 0 Å². The van der Waals surface area contributed by atoms with Gasteiger partial charge in [0.05, 0.1) is 6.54 Å². The number of nitrogens with one attached hydrogen (secondary N) is 2. The number of benzene rings is 1. The van der Waals surface area contributed by atoms with Gasteiger partial charge in [-0.15, -0.1) is 11.3 Å². The molecule has 3 rings (SSSR count). The van der Waals surface area contributed by atoms with E-state index in [1.807, 2.05) is 17.5 Å². The number of piperidine rings is 1. The molecule has 5 nitrogen and oxygen atoms in total. The van der Waals surface area contributed by atoms with Gasteiger partial charge in [-0.25, -0.2) is 4.98 Å². The Morgan fingerprint density at radius 1 is 1.30 bits per heavy atom. The van der Waals surface area contributed by atoms with Crippen molar-refractivity contribution < 1.29 is 4.79 Å². The topological polar surface area (TPSA) is 57.3 Å². The molecule has 0 spiro atoms. The highest BCUT2D eigenvalue weighted by Crippen LogP contribution is 2.24. The first-order chi connectivity index (χ1) is 11.2. The molecule has 1 aromatic heterocycles. The van der Waals surface area contributed by atoms with E-state index in [4.69, 9.17) is 0 Å². The van der Waals surface area contributed by atoms with Crippen molar-refractivity contribution in [1.29, 1.82) is 0 Å². The van der Waals surface area contributed by atoms with Gasteiger partial charge < -0.3 is 15.5 Å². The molecule has 2 aromatic rings. The van der Waals surface area contributed by atoms with Gasteiger partial charge >= 0.3 is 0 Å². The minimum Gasteiger partial charge on any atom is -0.372 e. The summed E-state index contributed by atoms with van der Waals surface area (Å²) in [6.07, 6.45) is 4.22. The summed E-state index contributed by atoms with van der Waals surface area (Å²) >= 11 is 1.48. The maximum absolute atomic E-state index is 11.9. The Kier molecular flexibility index (Phi) is 5.12. The van der Waals surface area contributed by atoms with Gasteiger partial charge in [0, 0.05) is 36.0 Å². The number of aromatic nitrogens is 1.